The molecule has 2 rings (SSSR count). The first-order valence-electron chi connectivity index (χ1n) is 7.40. The maximum atomic E-state index is 12.5. The number of sulfonamides is 1. The number of carbonyl (C=O) groups is 2. The fourth-order valence-corrected chi connectivity index (χ4v) is 3.54. The molecule has 0 aliphatic carbocycles. The van der Waals surface area contributed by atoms with Gasteiger partial charge in [-0.05, 0) is 31.0 Å². The molecule has 0 saturated carbocycles. The van der Waals surface area contributed by atoms with Gasteiger partial charge in [0.15, 0.2) is 0 Å². The van der Waals surface area contributed by atoms with Crippen LogP contribution in [-0.4, -0.2) is 49.9 Å². The molecule has 1 aromatic carbocycles. The Bertz CT molecular complexity index is 782. The standard InChI is InChI=1S/C16H18N2O5S/c1-2-8-17-24(22,23)14-7-3-5-12(10-14)15(19)18-9-4-6-13(11-18)16(20)21/h1,3,5,7,10,13,17H,4,6,8-9,11H2,(H,20,21)/t13-/m0/s1. The van der Waals surface area contributed by atoms with Crippen molar-refractivity contribution < 1.29 is 23.1 Å². The maximum Gasteiger partial charge on any atom is 0.308 e. The van der Waals surface area contributed by atoms with Crippen LogP contribution in [0.25, 0.3) is 0 Å². The number of carbonyl (C=O) groups excluding carboxylic acids is 1. The van der Waals surface area contributed by atoms with E-state index in [4.69, 9.17) is 11.5 Å². The number of carboxylic acids is 1. The SMILES string of the molecule is C#CCNS(=O)(=O)c1cccc(C(=O)N2CCC[C@H](C(=O)O)C2)c1. The number of carboxylic acid groups (broad SMARTS) is 1. The van der Waals surface area contributed by atoms with Crippen molar-refractivity contribution in [3.8, 4) is 12.3 Å². The third kappa shape index (κ3) is 4.13. The van der Waals surface area contributed by atoms with Gasteiger partial charge < -0.3 is 10.0 Å². The highest BCUT2D eigenvalue weighted by molar-refractivity contribution is 7.89. The summed E-state index contributed by atoms with van der Waals surface area (Å²) < 4.78 is 26.4. The first-order chi connectivity index (χ1) is 11.3. The zero-order valence-electron chi connectivity index (χ0n) is 12.9. The molecule has 24 heavy (non-hydrogen) atoms. The molecule has 1 aliphatic rings. The number of terminal acetylenes is 1. The van der Waals surface area contributed by atoms with Crippen LogP contribution in [0.4, 0.5) is 0 Å². The van der Waals surface area contributed by atoms with Gasteiger partial charge in [0.25, 0.3) is 5.91 Å². The molecule has 1 amide bonds. The Labute approximate surface area is 140 Å². The van der Waals surface area contributed by atoms with Crippen molar-refractivity contribution in [2.24, 2.45) is 5.92 Å². The van der Waals surface area contributed by atoms with Crippen LogP contribution in [-0.2, 0) is 14.8 Å². The lowest BCUT2D eigenvalue weighted by atomic mass is 9.97. The second-order valence-corrected chi connectivity index (χ2v) is 7.25. The van der Waals surface area contributed by atoms with Gasteiger partial charge >= 0.3 is 5.97 Å². The summed E-state index contributed by atoms with van der Waals surface area (Å²) >= 11 is 0. The quantitative estimate of drug-likeness (QED) is 0.754. The lowest BCUT2D eigenvalue weighted by Gasteiger charge is -2.30. The Balaban J connectivity index is 2.20. The summed E-state index contributed by atoms with van der Waals surface area (Å²) in [6.45, 7) is 0.433. The van der Waals surface area contributed by atoms with E-state index in [9.17, 15) is 18.0 Å². The smallest absolute Gasteiger partial charge is 0.308 e. The molecular formula is C16H18N2O5S. The minimum absolute atomic E-state index is 0.0598. The highest BCUT2D eigenvalue weighted by Gasteiger charge is 2.29. The number of rotatable bonds is 5. The molecule has 0 unspecified atom stereocenters. The Morgan fingerprint density at radius 2 is 2.17 bits per heavy atom. The van der Waals surface area contributed by atoms with E-state index in [0.717, 1.165) is 0 Å². The van der Waals surface area contributed by atoms with E-state index < -0.39 is 21.9 Å². The largest absolute Gasteiger partial charge is 0.481 e. The molecule has 128 valence electrons. The molecule has 1 aromatic rings. The van der Waals surface area contributed by atoms with Crippen LogP contribution in [0.1, 0.15) is 23.2 Å². The van der Waals surface area contributed by atoms with Gasteiger partial charge in [-0.3, -0.25) is 9.59 Å². The van der Waals surface area contributed by atoms with E-state index in [0.29, 0.717) is 19.4 Å². The minimum atomic E-state index is -3.79. The summed E-state index contributed by atoms with van der Waals surface area (Å²) in [7, 11) is -3.79. The molecule has 1 heterocycles. The Morgan fingerprint density at radius 1 is 1.42 bits per heavy atom. The molecule has 1 saturated heterocycles. The highest BCUT2D eigenvalue weighted by atomic mass is 32.2. The van der Waals surface area contributed by atoms with E-state index in [1.807, 2.05) is 0 Å². The van der Waals surface area contributed by atoms with Crippen LogP contribution in [0.3, 0.4) is 0 Å². The molecule has 1 atom stereocenters. The minimum Gasteiger partial charge on any atom is -0.481 e. The average molecular weight is 350 g/mol. The molecule has 0 radical (unpaired) electrons. The van der Waals surface area contributed by atoms with Crippen LogP contribution < -0.4 is 4.72 Å². The lowest BCUT2D eigenvalue weighted by molar-refractivity contribution is -0.143. The van der Waals surface area contributed by atoms with Crippen LogP contribution in [0.15, 0.2) is 29.2 Å². The predicted octanol–water partition coefficient (Wildman–Crippen LogP) is 0.535. The van der Waals surface area contributed by atoms with Crippen LogP contribution in [0.5, 0.6) is 0 Å². The van der Waals surface area contributed by atoms with Crippen molar-refractivity contribution >= 4 is 21.9 Å². The normalized spacial score (nSPS) is 18.0. The van der Waals surface area contributed by atoms with E-state index >= 15 is 0 Å². The summed E-state index contributed by atoms with van der Waals surface area (Å²) in [4.78, 5) is 25.0. The van der Waals surface area contributed by atoms with E-state index in [2.05, 4.69) is 10.6 Å². The number of hydrogen-bond donors (Lipinski definition) is 2. The number of benzene rings is 1. The van der Waals surface area contributed by atoms with Gasteiger partial charge in [-0.15, -0.1) is 6.42 Å². The van der Waals surface area contributed by atoms with Gasteiger partial charge in [0, 0.05) is 18.7 Å². The molecule has 1 aliphatic heterocycles. The van der Waals surface area contributed by atoms with Gasteiger partial charge in [-0.1, -0.05) is 12.0 Å². The third-order valence-corrected chi connectivity index (χ3v) is 5.21. The molecule has 8 heteroatoms. The molecule has 0 bridgehead atoms. The number of hydrogen-bond acceptors (Lipinski definition) is 4. The third-order valence-electron chi connectivity index (χ3n) is 3.81. The van der Waals surface area contributed by atoms with Crippen LogP contribution in [0.2, 0.25) is 0 Å². The van der Waals surface area contributed by atoms with Gasteiger partial charge in [0.2, 0.25) is 10.0 Å². The van der Waals surface area contributed by atoms with Gasteiger partial charge in [0.1, 0.15) is 0 Å². The maximum absolute atomic E-state index is 12.5. The van der Waals surface area contributed by atoms with E-state index in [1.165, 1.54) is 29.2 Å². The van der Waals surface area contributed by atoms with Crippen molar-refractivity contribution in [2.45, 2.75) is 17.7 Å². The number of aliphatic carboxylic acids is 1. The monoisotopic (exact) mass is 350 g/mol. The van der Waals surface area contributed by atoms with Crippen LogP contribution in [0, 0.1) is 18.3 Å². The Morgan fingerprint density at radius 3 is 2.83 bits per heavy atom. The van der Waals surface area contributed by atoms with Gasteiger partial charge in [-0.2, -0.15) is 4.72 Å². The Hall–Kier alpha value is -2.37. The lowest BCUT2D eigenvalue weighted by Crippen LogP contribution is -2.42. The fraction of sp³-hybridized carbons (Fsp3) is 0.375. The van der Waals surface area contributed by atoms with Crippen LogP contribution >= 0.6 is 0 Å². The Kier molecular flexibility index (Phi) is 5.59. The number of piperidine rings is 1. The first-order valence-corrected chi connectivity index (χ1v) is 8.88. The number of amides is 1. The summed E-state index contributed by atoms with van der Waals surface area (Å²) in [5.74, 6) is 0.278. The second-order valence-electron chi connectivity index (χ2n) is 5.49. The van der Waals surface area contributed by atoms with Gasteiger partial charge in [-0.25, -0.2) is 8.42 Å². The van der Waals surface area contributed by atoms with Crippen molar-refractivity contribution in [1.29, 1.82) is 0 Å². The van der Waals surface area contributed by atoms with E-state index in [-0.39, 0.29) is 29.5 Å². The molecule has 2 N–H and O–H groups in total. The summed E-state index contributed by atoms with van der Waals surface area (Å²) in [6, 6.07) is 5.61. The average Bonchev–Trinajstić information content (AvgIpc) is 2.59. The molecular weight excluding hydrogens is 332 g/mol. The molecule has 0 aromatic heterocycles. The van der Waals surface area contributed by atoms with Crippen molar-refractivity contribution in [1.82, 2.24) is 9.62 Å². The topological polar surface area (TPSA) is 104 Å². The zero-order valence-corrected chi connectivity index (χ0v) is 13.8. The summed E-state index contributed by atoms with van der Waals surface area (Å²) in [6.07, 6.45) is 6.17. The van der Waals surface area contributed by atoms with Crippen molar-refractivity contribution in [2.75, 3.05) is 19.6 Å². The van der Waals surface area contributed by atoms with Crippen molar-refractivity contribution in [3.05, 3.63) is 29.8 Å². The highest BCUT2D eigenvalue weighted by Crippen LogP contribution is 2.20. The number of likely N-dealkylation sites (tertiary alicyclic amines) is 1. The second kappa shape index (κ2) is 7.47. The zero-order chi connectivity index (χ0) is 17.7. The fourth-order valence-electron chi connectivity index (χ4n) is 2.56. The first kappa shape index (κ1) is 18.0. The summed E-state index contributed by atoms with van der Waals surface area (Å²) in [5, 5.41) is 9.10. The summed E-state index contributed by atoms with van der Waals surface area (Å²) in [5.41, 5.74) is 0.199. The molecule has 1 fully saturated rings. The molecule has 7 nitrogen and oxygen atoms in total. The van der Waals surface area contributed by atoms with Gasteiger partial charge in [0.05, 0.1) is 17.4 Å². The van der Waals surface area contributed by atoms with Crippen molar-refractivity contribution in [3.63, 3.8) is 0 Å². The predicted molar refractivity (Wildman–Crippen MR) is 86.7 cm³/mol. The number of nitrogens with one attached hydrogen (secondary N) is 1. The van der Waals surface area contributed by atoms with E-state index in [1.54, 1.807) is 0 Å². The molecule has 0 spiro atoms. The number of nitrogens with zero attached hydrogens (tertiary/aromatic N) is 1.